The van der Waals surface area contributed by atoms with Gasteiger partial charge in [-0.2, -0.15) is 0 Å². The number of aliphatic hydroxyl groups is 6. The predicted octanol–water partition coefficient (Wildman–Crippen LogP) is 0.551. The monoisotopic (exact) mass is 674 g/mol. The zero-order valence-electron chi connectivity index (χ0n) is 25.3. The molecule has 4 aromatic carbocycles. The van der Waals surface area contributed by atoms with Gasteiger partial charge in [0.25, 0.3) is 0 Å². The van der Waals surface area contributed by atoms with Crippen LogP contribution in [-0.2, 0) is 23.4 Å². The lowest BCUT2D eigenvalue weighted by molar-refractivity contribution is -0.239. The van der Waals surface area contributed by atoms with Crippen molar-refractivity contribution >= 4 is 11.6 Å². The van der Waals surface area contributed by atoms with Crippen LogP contribution in [0.2, 0.25) is 0 Å². The first kappa shape index (κ1) is 32.5. The van der Waals surface area contributed by atoms with Gasteiger partial charge < -0.3 is 60.5 Å². The van der Waals surface area contributed by atoms with Gasteiger partial charge in [0.05, 0.1) is 36.4 Å². The predicted molar refractivity (Wildman–Crippen MR) is 165 cm³/mol. The first-order valence-corrected chi connectivity index (χ1v) is 15.1. The molecule has 3 aliphatic rings. The van der Waals surface area contributed by atoms with Gasteiger partial charge in [-0.3, -0.25) is 9.59 Å². The summed E-state index contributed by atoms with van der Waals surface area (Å²) in [6, 6.07) is 11.3. The molecule has 0 saturated carbocycles. The molecule has 14 nitrogen and oxygen atoms in total. The minimum atomic E-state index is -2.22. The van der Waals surface area contributed by atoms with E-state index in [1.165, 1.54) is 42.5 Å². The number of fused-ring (bicyclic) bond motifs is 4. The highest BCUT2D eigenvalue weighted by Crippen LogP contribution is 2.62. The van der Waals surface area contributed by atoms with Crippen molar-refractivity contribution in [3.63, 3.8) is 0 Å². The van der Waals surface area contributed by atoms with Crippen LogP contribution in [0.5, 0.6) is 34.5 Å². The molecule has 0 aromatic heterocycles. The Bertz CT molecular complexity index is 2050. The number of phenols is 4. The van der Waals surface area contributed by atoms with Gasteiger partial charge >= 0.3 is 0 Å². The van der Waals surface area contributed by atoms with E-state index in [2.05, 4.69) is 0 Å². The maximum atomic E-state index is 14.1. The maximum absolute atomic E-state index is 14.1. The summed E-state index contributed by atoms with van der Waals surface area (Å²) in [6.07, 6.45) is -9.15. The van der Waals surface area contributed by atoms with Gasteiger partial charge in [0.1, 0.15) is 42.0 Å². The number of ether oxygens (including phenoxy) is 2. The van der Waals surface area contributed by atoms with E-state index >= 15 is 0 Å². The van der Waals surface area contributed by atoms with Crippen LogP contribution >= 0.6 is 0 Å². The second-order valence-corrected chi connectivity index (χ2v) is 12.2. The largest absolute Gasteiger partial charge is 0.507 e. The summed E-state index contributed by atoms with van der Waals surface area (Å²) < 4.78 is 12.1. The van der Waals surface area contributed by atoms with Gasteiger partial charge in [0.15, 0.2) is 28.8 Å². The molecule has 1 aliphatic carbocycles. The summed E-state index contributed by atoms with van der Waals surface area (Å²) in [7, 11) is 0. The van der Waals surface area contributed by atoms with Crippen LogP contribution in [0.15, 0.2) is 54.6 Å². The van der Waals surface area contributed by atoms with E-state index in [0.717, 1.165) is 12.1 Å². The Morgan fingerprint density at radius 2 is 1.31 bits per heavy atom. The van der Waals surface area contributed by atoms with Crippen molar-refractivity contribution in [3.8, 4) is 34.5 Å². The van der Waals surface area contributed by atoms with E-state index in [9.17, 15) is 60.7 Å². The molecule has 0 radical (unpaired) electrons. The van der Waals surface area contributed by atoms with Crippen LogP contribution in [0.4, 0.5) is 0 Å². The van der Waals surface area contributed by atoms with Crippen LogP contribution in [0, 0.1) is 0 Å². The van der Waals surface area contributed by atoms with Gasteiger partial charge in [-0.25, -0.2) is 0 Å². The fraction of sp³-hybridized carbons (Fsp3) is 0.257. The lowest BCUT2D eigenvalue weighted by Gasteiger charge is -2.52. The lowest BCUT2D eigenvalue weighted by atomic mass is 9.60. The molecule has 1 fully saturated rings. The number of benzene rings is 4. The highest BCUT2D eigenvalue weighted by molar-refractivity contribution is 6.30. The molecule has 0 amide bonds. The minimum absolute atomic E-state index is 0.0560. The third-order valence-corrected chi connectivity index (χ3v) is 9.58. The lowest BCUT2D eigenvalue weighted by Crippen LogP contribution is -2.65. The Morgan fingerprint density at radius 3 is 2.00 bits per heavy atom. The summed E-state index contributed by atoms with van der Waals surface area (Å²) in [4.78, 5) is 27.9. The summed E-state index contributed by atoms with van der Waals surface area (Å²) >= 11 is 0. The zero-order valence-corrected chi connectivity index (χ0v) is 25.3. The van der Waals surface area contributed by atoms with Gasteiger partial charge in [-0.1, -0.05) is 18.2 Å². The van der Waals surface area contributed by atoms with E-state index in [1.54, 1.807) is 0 Å². The third-order valence-electron chi connectivity index (χ3n) is 9.58. The molecule has 0 spiro atoms. The second kappa shape index (κ2) is 11.5. The molecular formula is C35H30O14. The van der Waals surface area contributed by atoms with E-state index in [4.69, 9.17) is 9.47 Å². The number of aliphatic hydroxyl groups excluding tert-OH is 6. The molecule has 10 N–H and O–H groups in total. The first-order chi connectivity index (χ1) is 23.4. The molecule has 1 saturated heterocycles. The van der Waals surface area contributed by atoms with Crippen molar-refractivity contribution in [2.45, 2.75) is 49.1 Å². The Balaban J connectivity index is 1.62. The van der Waals surface area contributed by atoms with E-state index < -0.39 is 101 Å². The Hall–Kier alpha value is -5.06. The number of rotatable bonds is 5. The SMILES string of the molecule is O=C1c2cc(CO)cc(O)c2C(=O)c2c1ccc(C1(C3OC(CO)C(O)C(O)C3O)c3cccc(O)c3Oc3c(O)cc(CO)cc31)c2O. The topological polar surface area (TPSA) is 255 Å². The van der Waals surface area contributed by atoms with Crippen LogP contribution in [0.3, 0.4) is 0 Å². The van der Waals surface area contributed by atoms with Crippen molar-refractivity contribution in [2.24, 2.45) is 0 Å². The van der Waals surface area contributed by atoms with Gasteiger partial charge in [-0.15, -0.1) is 0 Å². The molecule has 2 heterocycles. The number of ketones is 2. The fourth-order valence-corrected chi connectivity index (χ4v) is 7.36. The van der Waals surface area contributed by atoms with Crippen molar-refractivity contribution in [1.29, 1.82) is 0 Å². The van der Waals surface area contributed by atoms with Crippen LogP contribution in [0.1, 0.15) is 59.7 Å². The molecule has 7 rings (SSSR count). The average Bonchev–Trinajstić information content (AvgIpc) is 3.09. The van der Waals surface area contributed by atoms with Crippen molar-refractivity contribution < 1.29 is 70.1 Å². The molecule has 14 heteroatoms. The number of aromatic hydroxyl groups is 4. The zero-order chi connectivity index (χ0) is 35.1. The number of para-hydroxylation sites is 1. The fourth-order valence-electron chi connectivity index (χ4n) is 7.36. The molecule has 0 bridgehead atoms. The molecule has 2 aliphatic heterocycles. The van der Waals surface area contributed by atoms with Crippen LogP contribution < -0.4 is 4.74 Å². The summed E-state index contributed by atoms with van der Waals surface area (Å²) in [5, 5.41) is 109. The molecular weight excluding hydrogens is 644 g/mol. The molecule has 254 valence electrons. The summed E-state index contributed by atoms with van der Waals surface area (Å²) in [6.45, 7) is -2.03. The Morgan fingerprint density at radius 1 is 0.633 bits per heavy atom. The van der Waals surface area contributed by atoms with Crippen molar-refractivity contribution in [3.05, 3.63) is 105 Å². The van der Waals surface area contributed by atoms with Crippen molar-refractivity contribution in [1.82, 2.24) is 0 Å². The number of phenolic OH excluding ortho intramolecular Hbond substituents is 4. The van der Waals surface area contributed by atoms with Crippen LogP contribution in [0.25, 0.3) is 0 Å². The minimum Gasteiger partial charge on any atom is -0.507 e. The molecule has 6 atom stereocenters. The summed E-state index contributed by atoms with van der Waals surface area (Å²) in [5.41, 5.74) is -3.95. The third kappa shape index (κ3) is 4.40. The highest BCUT2D eigenvalue weighted by atomic mass is 16.5. The number of carbonyl (C=O) groups excluding carboxylic acids is 2. The Kier molecular flexibility index (Phi) is 7.64. The molecule has 4 aromatic rings. The smallest absolute Gasteiger partial charge is 0.201 e. The first-order valence-electron chi connectivity index (χ1n) is 15.1. The van der Waals surface area contributed by atoms with Crippen molar-refractivity contribution in [2.75, 3.05) is 6.61 Å². The maximum Gasteiger partial charge on any atom is 0.201 e. The van der Waals surface area contributed by atoms with Gasteiger partial charge in [0.2, 0.25) is 5.78 Å². The van der Waals surface area contributed by atoms with Gasteiger partial charge in [-0.05, 0) is 47.5 Å². The van der Waals surface area contributed by atoms with E-state index in [-0.39, 0.29) is 50.4 Å². The number of hydrogen-bond acceptors (Lipinski definition) is 14. The standard InChI is InChI=1S/C35H30O14/c36-10-13-6-16-24(21(40)8-13)29(45)25-15(26(16)42)4-5-17(27(25)43)35(34-31(47)30(46)28(44)23(12-38)48-34)18-2-1-3-20(39)32(18)49-33-19(35)7-14(11-37)9-22(33)41/h1-9,23,28,30-31,34,36-41,43-44,46-47H,10-12H2. The quantitative estimate of drug-likeness (QED) is 0.122. The number of carbonyl (C=O) groups is 2. The van der Waals surface area contributed by atoms with Gasteiger partial charge in [0, 0.05) is 27.8 Å². The average molecular weight is 675 g/mol. The normalized spacial score (nSPS) is 25.6. The van der Waals surface area contributed by atoms with Crippen LogP contribution in [-0.4, -0.2) is 99.8 Å². The Labute approximate surface area is 276 Å². The summed E-state index contributed by atoms with van der Waals surface area (Å²) in [5.74, 6) is -4.95. The number of hydrogen-bond donors (Lipinski definition) is 10. The second-order valence-electron chi connectivity index (χ2n) is 12.2. The van der Waals surface area contributed by atoms with E-state index in [0.29, 0.717) is 0 Å². The molecule has 6 unspecified atom stereocenters. The molecule has 49 heavy (non-hydrogen) atoms. The highest BCUT2D eigenvalue weighted by Gasteiger charge is 2.60. The van der Waals surface area contributed by atoms with E-state index in [1.807, 2.05) is 0 Å².